The Morgan fingerprint density at radius 3 is 2.21 bits per heavy atom. The highest BCUT2D eigenvalue weighted by atomic mass is 19.4. The number of benzene rings is 2. The normalized spacial score (nSPS) is 11.2. The van der Waals surface area contributed by atoms with Crippen LogP contribution in [0.15, 0.2) is 36.4 Å². The molecule has 0 saturated carbocycles. The summed E-state index contributed by atoms with van der Waals surface area (Å²) in [5.74, 6) is -1.02. The van der Waals surface area contributed by atoms with Crippen molar-refractivity contribution >= 4 is 11.7 Å². The molecule has 0 saturated heterocycles. The maximum absolute atomic E-state index is 13.7. The summed E-state index contributed by atoms with van der Waals surface area (Å²) < 4.78 is 51.1. The van der Waals surface area contributed by atoms with Crippen molar-refractivity contribution in [3.8, 4) is 0 Å². The Labute approximate surface area is 136 Å². The molecule has 7 heteroatoms. The van der Waals surface area contributed by atoms with Gasteiger partial charge in [-0.05, 0) is 49.2 Å². The van der Waals surface area contributed by atoms with Gasteiger partial charge in [-0.2, -0.15) is 13.2 Å². The van der Waals surface area contributed by atoms with Gasteiger partial charge in [-0.1, -0.05) is 12.1 Å². The van der Waals surface area contributed by atoms with Crippen LogP contribution in [-0.4, -0.2) is 6.03 Å². The molecule has 0 unspecified atom stereocenters. The summed E-state index contributed by atoms with van der Waals surface area (Å²) in [6, 6.07) is 7.12. The maximum atomic E-state index is 13.7. The number of halogens is 4. The number of rotatable bonds is 3. The summed E-state index contributed by atoms with van der Waals surface area (Å²) >= 11 is 0. The molecule has 128 valence electrons. The van der Waals surface area contributed by atoms with Crippen molar-refractivity contribution in [1.29, 1.82) is 0 Å². The van der Waals surface area contributed by atoms with E-state index in [1.165, 1.54) is 0 Å². The summed E-state index contributed by atoms with van der Waals surface area (Å²) in [7, 11) is 0. The predicted molar refractivity (Wildman–Crippen MR) is 83.2 cm³/mol. The molecule has 0 spiro atoms. The molecule has 0 heterocycles. The van der Waals surface area contributed by atoms with Gasteiger partial charge in [-0.25, -0.2) is 9.18 Å². The van der Waals surface area contributed by atoms with Gasteiger partial charge in [0.25, 0.3) is 0 Å². The predicted octanol–water partition coefficient (Wildman–Crippen LogP) is 4.78. The molecule has 3 nitrogen and oxygen atoms in total. The van der Waals surface area contributed by atoms with E-state index in [4.69, 9.17) is 0 Å². The molecule has 2 aromatic rings. The quantitative estimate of drug-likeness (QED) is 0.776. The van der Waals surface area contributed by atoms with E-state index >= 15 is 0 Å². The minimum absolute atomic E-state index is 0.0291. The van der Waals surface area contributed by atoms with E-state index in [0.29, 0.717) is 11.8 Å². The van der Waals surface area contributed by atoms with Crippen LogP contribution in [-0.2, 0) is 12.7 Å². The molecule has 0 aromatic heterocycles. The van der Waals surface area contributed by atoms with Gasteiger partial charge in [0.15, 0.2) is 0 Å². The van der Waals surface area contributed by atoms with Crippen LogP contribution in [0.3, 0.4) is 0 Å². The lowest BCUT2D eigenvalue weighted by atomic mass is 10.1. The zero-order valence-corrected chi connectivity index (χ0v) is 13.1. The minimum Gasteiger partial charge on any atom is -0.334 e. The maximum Gasteiger partial charge on any atom is 0.416 e. The number of nitrogens with one attached hydrogen (secondary N) is 2. The van der Waals surface area contributed by atoms with Crippen LogP contribution in [0.1, 0.15) is 22.3 Å². The molecule has 0 aliphatic carbocycles. The summed E-state index contributed by atoms with van der Waals surface area (Å²) in [6.45, 7) is 3.54. The van der Waals surface area contributed by atoms with Gasteiger partial charge in [0.1, 0.15) is 5.82 Å². The third-order valence-electron chi connectivity index (χ3n) is 3.30. The first-order chi connectivity index (χ1) is 11.1. The van der Waals surface area contributed by atoms with E-state index in [1.807, 2.05) is 19.9 Å². The van der Waals surface area contributed by atoms with E-state index in [9.17, 15) is 22.4 Å². The number of aryl methyl sites for hydroxylation is 2. The summed E-state index contributed by atoms with van der Waals surface area (Å²) in [4.78, 5) is 11.8. The fraction of sp³-hybridized carbons (Fsp3) is 0.235. The van der Waals surface area contributed by atoms with Gasteiger partial charge in [-0.15, -0.1) is 0 Å². The van der Waals surface area contributed by atoms with Crippen molar-refractivity contribution in [3.05, 3.63) is 64.5 Å². The fourth-order valence-corrected chi connectivity index (χ4v) is 2.26. The monoisotopic (exact) mass is 340 g/mol. The van der Waals surface area contributed by atoms with Gasteiger partial charge in [0.05, 0.1) is 5.56 Å². The molecule has 0 bridgehead atoms. The second-order valence-corrected chi connectivity index (χ2v) is 5.49. The second kappa shape index (κ2) is 6.90. The second-order valence-electron chi connectivity index (χ2n) is 5.49. The van der Waals surface area contributed by atoms with Gasteiger partial charge in [0.2, 0.25) is 0 Å². The highest BCUT2D eigenvalue weighted by Gasteiger charge is 2.31. The van der Waals surface area contributed by atoms with Crippen molar-refractivity contribution in [2.45, 2.75) is 26.6 Å². The van der Waals surface area contributed by atoms with Crippen LogP contribution >= 0.6 is 0 Å². The molecule has 0 aliphatic heterocycles. The van der Waals surface area contributed by atoms with E-state index in [0.717, 1.165) is 23.3 Å². The molecule has 2 amide bonds. The molecular formula is C17H16F4N2O. The van der Waals surface area contributed by atoms with E-state index in [1.54, 1.807) is 12.1 Å². The van der Waals surface area contributed by atoms with E-state index in [2.05, 4.69) is 10.6 Å². The smallest absolute Gasteiger partial charge is 0.334 e. The number of hydrogen-bond acceptors (Lipinski definition) is 1. The Bertz CT molecular complexity index is 736. The lowest BCUT2D eigenvalue weighted by molar-refractivity contribution is -0.137. The largest absolute Gasteiger partial charge is 0.416 e. The first-order valence-corrected chi connectivity index (χ1v) is 7.14. The zero-order chi connectivity index (χ0) is 17.9. The Balaban J connectivity index is 1.99. The van der Waals surface area contributed by atoms with Crippen molar-refractivity contribution in [2.24, 2.45) is 0 Å². The van der Waals surface area contributed by atoms with Crippen LogP contribution < -0.4 is 10.6 Å². The van der Waals surface area contributed by atoms with Gasteiger partial charge in [0, 0.05) is 17.8 Å². The van der Waals surface area contributed by atoms with Crippen LogP contribution in [0, 0.1) is 19.7 Å². The highest BCUT2D eigenvalue weighted by molar-refractivity contribution is 5.89. The molecule has 0 radical (unpaired) electrons. The van der Waals surface area contributed by atoms with Gasteiger partial charge < -0.3 is 10.6 Å². The molecule has 2 rings (SSSR count). The number of alkyl halides is 3. The number of hydrogen-bond donors (Lipinski definition) is 2. The first kappa shape index (κ1) is 17.8. The summed E-state index contributed by atoms with van der Waals surface area (Å²) in [5.41, 5.74) is 1.43. The number of carbonyl (C=O) groups is 1. The molecule has 2 aromatic carbocycles. The van der Waals surface area contributed by atoms with Crippen LogP contribution in [0.2, 0.25) is 0 Å². The fourth-order valence-electron chi connectivity index (χ4n) is 2.26. The SMILES string of the molecule is Cc1cc(C)cc(NC(=O)NCc2ccc(C(F)(F)F)cc2F)c1. The van der Waals surface area contributed by atoms with Crippen LogP contribution in [0.25, 0.3) is 0 Å². The highest BCUT2D eigenvalue weighted by Crippen LogP contribution is 2.30. The number of carbonyl (C=O) groups excluding carboxylic acids is 1. The van der Waals surface area contributed by atoms with Crippen molar-refractivity contribution in [3.63, 3.8) is 0 Å². The van der Waals surface area contributed by atoms with E-state index in [-0.39, 0.29) is 12.1 Å². The number of anilines is 1. The Hall–Kier alpha value is -2.57. The van der Waals surface area contributed by atoms with Crippen molar-refractivity contribution in [2.75, 3.05) is 5.32 Å². The van der Waals surface area contributed by atoms with Gasteiger partial charge >= 0.3 is 12.2 Å². The minimum atomic E-state index is -4.60. The first-order valence-electron chi connectivity index (χ1n) is 7.14. The number of amides is 2. The molecule has 0 atom stereocenters. The third-order valence-corrected chi connectivity index (χ3v) is 3.30. The molecule has 2 N–H and O–H groups in total. The molecule has 24 heavy (non-hydrogen) atoms. The topological polar surface area (TPSA) is 41.1 Å². The average molecular weight is 340 g/mol. The van der Waals surface area contributed by atoms with Crippen LogP contribution in [0.5, 0.6) is 0 Å². The Morgan fingerprint density at radius 2 is 1.67 bits per heavy atom. The average Bonchev–Trinajstić information content (AvgIpc) is 2.43. The Kier molecular flexibility index (Phi) is 5.11. The third kappa shape index (κ3) is 4.71. The lowest BCUT2D eigenvalue weighted by Gasteiger charge is -2.11. The zero-order valence-electron chi connectivity index (χ0n) is 13.1. The summed E-state index contributed by atoms with van der Waals surface area (Å²) in [5, 5.41) is 5.01. The summed E-state index contributed by atoms with van der Waals surface area (Å²) in [6.07, 6.45) is -4.60. The standard InChI is InChI=1S/C17H16F4N2O/c1-10-5-11(2)7-14(6-10)23-16(24)22-9-12-3-4-13(8-15(12)18)17(19,20)21/h3-8H,9H2,1-2H3,(H2,22,23,24). The van der Waals surface area contributed by atoms with Crippen molar-refractivity contribution < 1.29 is 22.4 Å². The molecular weight excluding hydrogens is 324 g/mol. The number of urea groups is 1. The molecule has 0 fully saturated rings. The Morgan fingerprint density at radius 1 is 1.04 bits per heavy atom. The van der Waals surface area contributed by atoms with Crippen molar-refractivity contribution in [1.82, 2.24) is 5.32 Å². The molecule has 0 aliphatic rings. The van der Waals surface area contributed by atoms with E-state index < -0.39 is 23.6 Å². The lowest BCUT2D eigenvalue weighted by Crippen LogP contribution is -2.28. The van der Waals surface area contributed by atoms with Crippen LogP contribution in [0.4, 0.5) is 28.0 Å². The van der Waals surface area contributed by atoms with Gasteiger partial charge in [-0.3, -0.25) is 0 Å².